The molecule has 0 spiro atoms. The first-order valence-electron chi connectivity index (χ1n) is 5.11. The van der Waals surface area contributed by atoms with Gasteiger partial charge in [0.2, 0.25) is 0 Å². The Morgan fingerprint density at radius 1 is 1.29 bits per heavy atom. The molecule has 1 rings (SSSR count). The maximum Gasteiger partial charge on any atom is 0.416 e. The average molecular weight is 248 g/mol. The van der Waals surface area contributed by atoms with Crippen LogP contribution in [-0.4, -0.2) is 5.78 Å². The molecule has 0 N–H and O–H groups in total. The molecule has 94 valence electrons. The second kappa shape index (κ2) is 4.85. The van der Waals surface area contributed by atoms with E-state index in [-0.39, 0.29) is 12.3 Å². The summed E-state index contributed by atoms with van der Waals surface area (Å²) in [4.78, 5) is 11.5. The summed E-state index contributed by atoms with van der Waals surface area (Å²) in [6.07, 6.45) is -4.54. The van der Waals surface area contributed by atoms with E-state index in [0.717, 1.165) is 0 Å². The van der Waals surface area contributed by atoms with Crippen molar-refractivity contribution in [2.24, 2.45) is 5.92 Å². The summed E-state index contributed by atoms with van der Waals surface area (Å²) in [6.45, 7) is 3.48. The van der Waals surface area contributed by atoms with Gasteiger partial charge >= 0.3 is 6.18 Å². The summed E-state index contributed by atoms with van der Waals surface area (Å²) in [6, 6.07) is 1.87. The molecule has 0 bridgehead atoms. The highest BCUT2D eigenvalue weighted by Crippen LogP contribution is 2.30. The Kier molecular flexibility index (Phi) is 3.91. The quantitative estimate of drug-likeness (QED) is 0.582. The van der Waals surface area contributed by atoms with Crippen molar-refractivity contribution in [1.82, 2.24) is 0 Å². The molecule has 0 saturated heterocycles. The van der Waals surface area contributed by atoms with Crippen LogP contribution in [0, 0.1) is 11.7 Å². The van der Waals surface area contributed by atoms with Gasteiger partial charge in [-0.15, -0.1) is 0 Å². The maximum absolute atomic E-state index is 13.3. The van der Waals surface area contributed by atoms with Crippen molar-refractivity contribution in [2.45, 2.75) is 26.4 Å². The molecule has 0 atom stereocenters. The minimum Gasteiger partial charge on any atom is -0.294 e. The number of alkyl halides is 3. The van der Waals surface area contributed by atoms with Crippen molar-refractivity contribution in [2.75, 3.05) is 0 Å². The number of Topliss-reactive ketones (excluding diaryl/α,β-unsaturated/α-hetero) is 1. The lowest BCUT2D eigenvalue weighted by molar-refractivity contribution is -0.137. The first-order valence-corrected chi connectivity index (χ1v) is 5.11. The van der Waals surface area contributed by atoms with Crippen LogP contribution in [0.15, 0.2) is 18.2 Å². The molecule has 0 saturated carbocycles. The number of hydrogen-bond donors (Lipinski definition) is 0. The number of hydrogen-bond acceptors (Lipinski definition) is 1. The Labute approximate surface area is 96.4 Å². The smallest absolute Gasteiger partial charge is 0.294 e. The number of ketones is 1. The van der Waals surface area contributed by atoms with Crippen LogP contribution < -0.4 is 0 Å². The van der Waals surface area contributed by atoms with Gasteiger partial charge in [-0.3, -0.25) is 4.79 Å². The van der Waals surface area contributed by atoms with Gasteiger partial charge < -0.3 is 0 Å². The number of carbonyl (C=O) groups excluding carboxylic acids is 1. The van der Waals surface area contributed by atoms with Crippen molar-refractivity contribution < 1.29 is 22.4 Å². The summed E-state index contributed by atoms with van der Waals surface area (Å²) in [5.41, 5.74) is -1.50. The molecule has 5 heteroatoms. The highest BCUT2D eigenvalue weighted by atomic mass is 19.4. The molecule has 0 unspecified atom stereocenters. The zero-order valence-corrected chi connectivity index (χ0v) is 9.44. The second-order valence-corrected chi connectivity index (χ2v) is 4.21. The van der Waals surface area contributed by atoms with E-state index in [1.54, 1.807) is 13.8 Å². The molecule has 0 aliphatic carbocycles. The van der Waals surface area contributed by atoms with Crippen LogP contribution in [0.4, 0.5) is 17.6 Å². The van der Waals surface area contributed by atoms with E-state index in [1.165, 1.54) is 0 Å². The van der Waals surface area contributed by atoms with Gasteiger partial charge in [0.05, 0.1) is 11.1 Å². The SMILES string of the molecule is CC(C)CC(=O)c1cc(C(F)(F)F)ccc1F. The molecule has 0 aromatic heterocycles. The van der Waals surface area contributed by atoms with E-state index in [4.69, 9.17) is 0 Å². The maximum atomic E-state index is 13.3. The molecule has 0 heterocycles. The van der Waals surface area contributed by atoms with Crippen LogP contribution in [0.25, 0.3) is 0 Å². The summed E-state index contributed by atoms with van der Waals surface area (Å²) < 4.78 is 50.4. The number of benzene rings is 1. The van der Waals surface area contributed by atoms with E-state index in [0.29, 0.717) is 18.2 Å². The average Bonchev–Trinajstić information content (AvgIpc) is 2.15. The van der Waals surface area contributed by atoms with Crippen LogP contribution in [0.1, 0.15) is 36.2 Å². The van der Waals surface area contributed by atoms with Gasteiger partial charge in [0, 0.05) is 6.42 Å². The Morgan fingerprint density at radius 3 is 2.35 bits per heavy atom. The third kappa shape index (κ3) is 3.54. The Bertz CT molecular complexity index is 421. The van der Waals surface area contributed by atoms with Crippen LogP contribution >= 0.6 is 0 Å². The predicted molar refractivity (Wildman–Crippen MR) is 55.2 cm³/mol. The molecule has 17 heavy (non-hydrogen) atoms. The van der Waals surface area contributed by atoms with Gasteiger partial charge in [0.15, 0.2) is 5.78 Å². The number of rotatable bonds is 3. The highest BCUT2D eigenvalue weighted by Gasteiger charge is 2.31. The number of halogens is 4. The van der Waals surface area contributed by atoms with Crippen molar-refractivity contribution in [3.63, 3.8) is 0 Å². The van der Waals surface area contributed by atoms with E-state index in [1.807, 2.05) is 0 Å². The molecule has 1 aromatic rings. The van der Waals surface area contributed by atoms with E-state index >= 15 is 0 Å². The van der Waals surface area contributed by atoms with Crippen molar-refractivity contribution in [3.8, 4) is 0 Å². The van der Waals surface area contributed by atoms with Gasteiger partial charge in [-0.05, 0) is 24.1 Å². The molecule has 0 radical (unpaired) electrons. The monoisotopic (exact) mass is 248 g/mol. The zero-order valence-electron chi connectivity index (χ0n) is 9.44. The zero-order chi connectivity index (χ0) is 13.2. The fraction of sp³-hybridized carbons (Fsp3) is 0.417. The lowest BCUT2D eigenvalue weighted by Gasteiger charge is -2.10. The lowest BCUT2D eigenvalue weighted by Crippen LogP contribution is -2.10. The minimum atomic E-state index is -4.57. The van der Waals surface area contributed by atoms with Gasteiger partial charge in [0.25, 0.3) is 0 Å². The largest absolute Gasteiger partial charge is 0.416 e. The van der Waals surface area contributed by atoms with Crippen LogP contribution in [-0.2, 0) is 6.18 Å². The number of carbonyl (C=O) groups is 1. The summed E-state index contributed by atoms with van der Waals surface area (Å²) in [7, 11) is 0. The first-order chi connectivity index (χ1) is 7.71. The van der Waals surface area contributed by atoms with Crippen LogP contribution in [0.5, 0.6) is 0 Å². The third-order valence-electron chi connectivity index (χ3n) is 2.19. The third-order valence-corrected chi connectivity index (χ3v) is 2.19. The predicted octanol–water partition coefficient (Wildman–Crippen LogP) is 4.07. The topological polar surface area (TPSA) is 17.1 Å². The lowest BCUT2D eigenvalue weighted by atomic mass is 9.99. The van der Waals surface area contributed by atoms with Crippen LogP contribution in [0.2, 0.25) is 0 Å². The summed E-state index contributed by atoms with van der Waals surface area (Å²) in [5.74, 6) is -1.55. The van der Waals surface area contributed by atoms with Gasteiger partial charge in [-0.1, -0.05) is 13.8 Å². The molecule has 0 aliphatic heterocycles. The summed E-state index contributed by atoms with van der Waals surface area (Å²) in [5, 5.41) is 0. The van der Waals surface area contributed by atoms with Gasteiger partial charge in [0.1, 0.15) is 5.82 Å². The molecule has 1 aromatic carbocycles. The van der Waals surface area contributed by atoms with Crippen molar-refractivity contribution in [1.29, 1.82) is 0 Å². The van der Waals surface area contributed by atoms with Crippen molar-refractivity contribution in [3.05, 3.63) is 35.1 Å². The highest BCUT2D eigenvalue weighted by molar-refractivity contribution is 5.96. The van der Waals surface area contributed by atoms with Crippen molar-refractivity contribution >= 4 is 5.78 Å². The van der Waals surface area contributed by atoms with Gasteiger partial charge in [-0.2, -0.15) is 13.2 Å². The molecular weight excluding hydrogens is 236 g/mol. The first kappa shape index (κ1) is 13.7. The minimum absolute atomic E-state index is 0.0260. The van der Waals surface area contributed by atoms with Crippen LogP contribution in [0.3, 0.4) is 0 Å². The Balaban J connectivity index is 3.11. The molecule has 0 aliphatic rings. The fourth-order valence-electron chi connectivity index (χ4n) is 1.40. The normalized spacial score (nSPS) is 11.9. The van der Waals surface area contributed by atoms with Gasteiger partial charge in [-0.25, -0.2) is 4.39 Å². The second-order valence-electron chi connectivity index (χ2n) is 4.21. The fourth-order valence-corrected chi connectivity index (χ4v) is 1.40. The van der Waals surface area contributed by atoms with E-state index in [9.17, 15) is 22.4 Å². The van der Waals surface area contributed by atoms with E-state index in [2.05, 4.69) is 0 Å². The van der Waals surface area contributed by atoms with E-state index < -0.39 is 28.9 Å². The molecule has 1 nitrogen and oxygen atoms in total. The summed E-state index contributed by atoms with van der Waals surface area (Å²) >= 11 is 0. The standard InChI is InChI=1S/C12H12F4O/c1-7(2)5-11(17)9-6-8(12(14,15)16)3-4-10(9)13/h3-4,6-7H,5H2,1-2H3. The molecule has 0 amide bonds. The molecule has 0 fully saturated rings. The Morgan fingerprint density at radius 2 is 1.88 bits per heavy atom. The molecular formula is C12H12F4O. The Hall–Kier alpha value is -1.39.